The molecule has 0 amide bonds. The zero-order chi connectivity index (χ0) is 17.5. The van der Waals surface area contributed by atoms with Gasteiger partial charge in [0.15, 0.2) is 6.10 Å². The number of hydrogen-bond donors (Lipinski definition) is 0. The van der Waals surface area contributed by atoms with Crippen LogP contribution < -0.4 is 0 Å². The number of nitrogens with zero attached hydrogens (tertiary/aromatic N) is 2. The van der Waals surface area contributed by atoms with E-state index in [9.17, 15) is 4.79 Å². The Morgan fingerprint density at radius 3 is 2.62 bits per heavy atom. The molecule has 0 spiro atoms. The van der Waals surface area contributed by atoms with Crippen LogP contribution in [-0.4, -0.2) is 28.5 Å². The fourth-order valence-corrected chi connectivity index (χ4v) is 2.29. The highest BCUT2D eigenvalue weighted by molar-refractivity contribution is 5.74. The molecule has 0 saturated carbocycles. The lowest BCUT2D eigenvalue weighted by molar-refractivity contribution is -0.157. The third-order valence-corrected chi connectivity index (χ3v) is 3.59. The molecular weight excluding hydrogens is 304 g/mol. The second kappa shape index (κ2) is 8.45. The van der Waals surface area contributed by atoms with Crippen LogP contribution in [0.3, 0.4) is 0 Å². The van der Waals surface area contributed by atoms with E-state index in [2.05, 4.69) is 11.7 Å². The summed E-state index contributed by atoms with van der Waals surface area (Å²) in [6, 6.07) is 9.83. The molecule has 1 atom stereocenters. The molecule has 0 aliphatic carbocycles. The predicted molar refractivity (Wildman–Crippen MR) is 93.1 cm³/mol. The molecular formula is C19H24N2O3. The summed E-state index contributed by atoms with van der Waals surface area (Å²) in [6.45, 7) is 9.99. The minimum atomic E-state index is -0.570. The van der Waals surface area contributed by atoms with E-state index in [1.54, 1.807) is 13.0 Å². The summed E-state index contributed by atoms with van der Waals surface area (Å²) < 4.78 is 12.5. The van der Waals surface area contributed by atoms with Crippen molar-refractivity contribution < 1.29 is 14.3 Å². The van der Waals surface area contributed by atoms with Gasteiger partial charge in [0.1, 0.15) is 6.61 Å². The Kier molecular flexibility index (Phi) is 6.32. The van der Waals surface area contributed by atoms with Crippen LogP contribution in [0.4, 0.5) is 0 Å². The quantitative estimate of drug-likeness (QED) is 0.423. The first-order chi connectivity index (χ1) is 11.5. The monoisotopic (exact) mass is 328 g/mol. The van der Waals surface area contributed by atoms with E-state index in [0.717, 1.165) is 22.6 Å². The Hall–Kier alpha value is -2.40. The molecule has 0 aliphatic heterocycles. The molecule has 128 valence electrons. The zero-order valence-corrected chi connectivity index (χ0v) is 14.5. The van der Waals surface area contributed by atoms with Crippen LogP contribution in [0.5, 0.6) is 0 Å². The first kappa shape index (κ1) is 17.9. The van der Waals surface area contributed by atoms with E-state index in [4.69, 9.17) is 9.47 Å². The molecule has 2 aromatic rings. The fraction of sp³-hybridized carbons (Fsp3) is 0.368. The van der Waals surface area contributed by atoms with Crippen LogP contribution in [0.1, 0.15) is 30.3 Å². The number of aromatic nitrogens is 2. The summed E-state index contributed by atoms with van der Waals surface area (Å²) in [6.07, 6.45) is 1.90. The third kappa shape index (κ3) is 4.80. The predicted octanol–water partition coefficient (Wildman–Crippen LogP) is 3.51. The average Bonchev–Trinajstić information content (AvgIpc) is 2.91. The fourth-order valence-electron chi connectivity index (χ4n) is 2.29. The van der Waals surface area contributed by atoms with Gasteiger partial charge in [0.25, 0.3) is 0 Å². The SMILES string of the molecule is C=CCCOC(C)C(=O)OCc1ccc(-n2nc(C)cc2C)cc1. The van der Waals surface area contributed by atoms with E-state index < -0.39 is 6.10 Å². The number of aryl methyl sites for hydroxylation is 2. The molecule has 2 rings (SSSR count). The number of esters is 1. The summed E-state index contributed by atoms with van der Waals surface area (Å²) in [5.74, 6) is -0.360. The smallest absolute Gasteiger partial charge is 0.335 e. The summed E-state index contributed by atoms with van der Waals surface area (Å²) in [7, 11) is 0. The van der Waals surface area contributed by atoms with Gasteiger partial charge in [0, 0.05) is 5.69 Å². The number of rotatable bonds is 8. The summed E-state index contributed by atoms with van der Waals surface area (Å²) in [5.41, 5.74) is 3.97. The van der Waals surface area contributed by atoms with Crippen molar-refractivity contribution in [2.24, 2.45) is 0 Å². The van der Waals surface area contributed by atoms with Crippen molar-refractivity contribution in [1.82, 2.24) is 9.78 Å². The molecule has 5 heteroatoms. The lowest BCUT2D eigenvalue weighted by Crippen LogP contribution is -2.23. The maximum atomic E-state index is 11.9. The molecule has 1 aromatic carbocycles. The van der Waals surface area contributed by atoms with E-state index in [1.807, 2.05) is 48.9 Å². The highest BCUT2D eigenvalue weighted by atomic mass is 16.6. The molecule has 0 bridgehead atoms. The molecule has 5 nitrogen and oxygen atoms in total. The van der Waals surface area contributed by atoms with Crippen LogP contribution in [0.2, 0.25) is 0 Å². The van der Waals surface area contributed by atoms with Crippen LogP contribution in [0, 0.1) is 13.8 Å². The molecule has 0 N–H and O–H groups in total. The molecule has 1 heterocycles. The van der Waals surface area contributed by atoms with Crippen molar-refractivity contribution in [3.63, 3.8) is 0 Å². The van der Waals surface area contributed by atoms with Crippen molar-refractivity contribution in [2.45, 2.75) is 39.9 Å². The second-order valence-electron chi connectivity index (χ2n) is 5.70. The Morgan fingerprint density at radius 2 is 2.04 bits per heavy atom. The Labute approximate surface area is 142 Å². The topological polar surface area (TPSA) is 53.4 Å². The Bertz CT molecular complexity index is 689. The Morgan fingerprint density at radius 1 is 1.33 bits per heavy atom. The lowest BCUT2D eigenvalue weighted by Gasteiger charge is -2.12. The zero-order valence-electron chi connectivity index (χ0n) is 14.5. The maximum absolute atomic E-state index is 11.9. The van der Waals surface area contributed by atoms with Gasteiger partial charge in [-0.15, -0.1) is 6.58 Å². The number of ether oxygens (including phenoxy) is 2. The third-order valence-electron chi connectivity index (χ3n) is 3.59. The second-order valence-corrected chi connectivity index (χ2v) is 5.70. The summed E-state index contributed by atoms with van der Waals surface area (Å²) in [4.78, 5) is 11.9. The van der Waals surface area contributed by atoms with Gasteiger partial charge in [-0.1, -0.05) is 18.2 Å². The van der Waals surface area contributed by atoms with Crippen molar-refractivity contribution in [3.8, 4) is 5.69 Å². The van der Waals surface area contributed by atoms with Gasteiger partial charge in [-0.05, 0) is 51.0 Å². The molecule has 1 aromatic heterocycles. The van der Waals surface area contributed by atoms with Crippen LogP contribution in [0.25, 0.3) is 5.69 Å². The van der Waals surface area contributed by atoms with Gasteiger partial charge in [-0.3, -0.25) is 0 Å². The molecule has 24 heavy (non-hydrogen) atoms. The number of benzene rings is 1. The number of hydrogen-bond acceptors (Lipinski definition) is 4. The van der Waals surface area contributed by atoms with Gasteiger partial charge in [0.05, 0.1) is 18.0 Å². The van der Waals surface area contributed by atoms with E-state index in [1.165, 1.54) is 0 Å². The number of carbonyl (C=O) groups is 1. The normalized spacial score (nSPS) is 12.0. The molecule has 0 aliphatic rings. The number of carbonyl (C=O) groups excluding carboxylic acids is 1. The van der Waals surface area contributed by atoms with Crippen molar-refractivity contribution in [1.29, 1.82) is 0 Å². The standard InChI is InChI=1S/C19H24N2O3/c1-5-6-11-23-16(4)19(22)24-13-17-7-9-18(10-8-17)21-15(3)12-14(2)20-21/h5,7-10,12,16H,1,6,11,13H2,2-4H3. The minimum absolute atomic E-state index is 0.228. The average molecular weight is 328 g/mol. The van der Waals surface area contributed by atoms with Gasteiger partial charge < -0.3 is 9.47 Å². The minimum Gasteiger partial charge on any atom is -0.459 e. The molecule has 0 saturated heterocycles. The van der Waals surface area contributed by atoms with Gasteiger partial charge in [-0.2, -0.15) is 5.10 Å². The van der Waals surface area contributed by atoms with Crippen molar-refractivity contribution >= 4 is 5.97 Å². The van der Waals surface area contributed by atoms with Gasteiger partial charge in [0.2, 0.25) is 0 Å². The Balaban J connectivity index is 1.89. The van der Waals surface area contributed by atoms with Gasteiger partial charge >= 0.3 is 5.97 Å². The molecule has 0 radical (unpaired) electrons. The van der Waals surface area contributed by atoms with E-state index in [-0.39, 0.29) is 12.6 Å². The highest BCUT2D eigenvalue weighted by Gasteiger charge is 2.14. The summed E-state index contributed by atoms with van der Waals surface area (Å²) in [5, 5.41) is 4.45. The van der Waals surface area contributed by atoms with Crippen molar-refractivity contribution in [3.05, 3.63) is 59.9 Å². The van der Waals surface area contributed by atoms with Crippen molar-refractivity contribution in [2.75, 3.05) is 6.61 Å². The van der Waals surface area contributed by atoms with Gasteiger partial charge in [-0.25, -0.2) is 9.48 Å². The summed E-state index contributed by atoms with van der Waals surface area (Å²) >= 11 is 0. The highest BCUT2D eigenvalue weighted by Crippen LogP contribution is 2.14. The van der Waals surface area contributed by atoms with Crippen LogP contribution in [-0.2, 0) is 20.9 Å². The molecule has 0 fully saturated rings. The maximum Gasteiger partial charge on any atom is 0.335 e. The van der Waals surface area contributed by atoms with Crippen LogP contribution in [0.15, 0.2) is 43.0 Å². The first-order valence-corrected chi connectivity index (χ1v) is 8.03. The largest absolute Gasteiger partial charge is 0.459 e. The van der Waals surface area contributed by atoms with E-state index in [0.29, 0.717) is 13.0 Å². The first-order valence-electron chi connectivity index (χ1n) is 8.03. The van der Waals surface area contributed by atoms with E-state index >= 15 is 0 Å². The van der Waals surface area contributed by atoms with Crippen LogP contribution >= 0.6 is 0 Å². The lowest BCUT2D eigenvalue weighted by atomic mass is 10.2. The molecule has 1 unspecified atom stereocenters.